The van der Waals surface area contributed by atoms with E-state index in [0.29, 0.717) is 29.2 Å². The van der Waals surface area contributed by atoms with Crippen LogP contribution >= 0.6 is 0 Å². The minimum atomic E-state index is -0.307. The number of fused-ring (bicyclic) bond motifs is 5. The molecule has 32 heavy (non-hydrogen) atoms. The first-order valence-electron chi connectivity index (χ1n) is 12.5. The molecule has 4 nitrogen and oxygen atoms in total. The second-order valence-electron chi connectivity index (χ2n) is 11.5. The van der Waals surface area contributed by atoms with Crippen LogP contribution in [0.3, 0.4) is 0 Å². The third-order valence-corrected chi connectivity index (χ3v) is 9.36. The quantitative estimate of drug-likeness (QED) is 0.628. The molecule has 0 spiro atoms. The number of carbonyl (C=O) groups is 2. The molecule has 0 radical (unpaired) electrons. The van der Waals surface area contributed by atoms with Crippen molar-refractivity contribution in [3.05, 3.63) is 41.6 Å². The van der Waals surface area contributed by atoms with E-state index in [1.54, 1.807) is 0 Å². The summed E-state index contributed by atoms with van der Waals surface area (Å²) in [5, 5.41) is 3.66. The zero-order chi connectivity index (χ0) is 22.7. The van der Waals surface area contributed by atoms with Gasteiger partial charge in [-0.05, 0) is 87.0 Å². The second-order valence-corrected chi connectivity index (χ2v) is 11.5. The van der Waals surface area contributed by atoms with E-state index in [2.05, 4.69) is 19.2 Å². The lowest BCUT2D eigenvalue weighted by molar-refractivity contribution is -0.119. The van der Waals surface area contributed by atoms with Gasteiger partial charge >= 0.3 is 0 Å². The van der Waals surface area contributed by atoms with Crippen LogP contribution in [0.2, 0.25) is 0 Å². The van der Waals surface area contributed by atoms with Crippen molar-refractivity contribution in [2.75, 3.05) is 6.54 Å². The number of rotatable bonds is 4. The summed E-state index contributed by atoms with van der Waals surface area (Å²) >= 11 is 0. The SMILES string of the molecule is CC(C)Oc1ccc(C(=O)C2CC(=O)C=C3NC[C@H]4[C@@H]5CCC[C@@]5(C)CC[C@@H]4[C@]32C)cc1. The topological polar surface area (TPSA) is 55.4 Å². The van der Waals surface area contributed by atoms with Crippen LogP contribution in [0.4, 0.5) is 0 Å². The molecule has 1 unspecified atom stereocenters. The zero-order valence-electron chi connectivity index (χ0n) is 19.9. The van der Waals surface area contributed by atoms with Crippen molar-refractivity contribution in [1.82, 2.24) is 5.32 Å². The minimum absolute atomic E-state index is 0.0723. The Labute approximate surface area is 192 Å². The molecule has 6 atom stereocenters. The fraction of sp³-hybridized carbons (Fsp3) is 0.643. The van der Waals surface area contributed by atoms with Crippen molar-refractivity contribution in [1.29, 1.82) is 0 Å². The average Bonchev–Trinajstić information content (AvgIpc) is 3.15. The van der Waals surface area contributed by atoms with Crippen molar-refractivity contribution in [3.63, 3.8) is 0 Å². The van der Waals surface area contributed by atoms with Crippen molar-refractivity contribution in [2.24, 2.45) is 34.5 Å². The van der Waals surface area contributed by atoms with Gasteiger partial charge < -0.3 is 10.1 Å². The molecule has 5 rings (SSSR count). The van der Waals surface area contributed by atoms with Gasteiger partial charge in [0.2, 0.25) is 0 Å². The Morgan fingerprint density at radius 1 is 1.09 bits per heavy atom. The Balaban J connectivity index is 1.48. The number of piperidine rings is 1. The molecule has 2 saturated carbocycles. The molecular weight excluding hydrogens is 398 g/mol. The normalized spacial score (nSPS) is 38.3. The van der Waals surface area contributed by atoms with Crippen LogP contribution in [-0.2, 0) is 4.79 Å². The summed E-state index contributed by atoms with van der Waals surface area (Å²) in [6.45, 7) is 9.69. The Kier molecular flexibility index (Phi) is 5.26. The van der Waals surface area contributed by atoms with Gasteiger partial charge in [-0.1, -0.05) is 20.3 Å². The Morgan fingerprint density at radius 3 is 2.56 bits per heavy atom. The molecule has 172 valence electrons. The van der Waals surface area contributed by atoms with Crippen LogP contribution in [0.1, 0.15) is 76.6 Å². The van der Waals surface area contributed by atoms with Gasteiger partial charge in [-0.15, -0.1) is 0 Å². The fourth-order valence-electron chi connectivity index (χ4n) is 7.75. The summed E-state index contributed by atoms with van der Waals surface area (Å²) < 4.78 is 5.75. The first kappa shape index (κ1) is 21.7. The van der Waals surface area contributed by atoms with Crippen LogP contribution in [-0.4, -0.2) is 24.2 Å². The van der Waals surface area contributed by atoms with Crippen molar-refractivity contribution < 1.29 is 14.3 Å². The number of ketones is 2. The van der Waals surface area contributed by atoms with Crippen LogP contribution in [0, 0.1) is 34.5 Å². The number of carbonyl (C=O) groups excluding carboxylic acids is 2. The van der Waals surface area contributed by atoms with Crippen LogP contribution in [0.25, 0.3) is 0 Å². The molecule has 1 saturated heterocycles. The van der Waals surface area contributed by atoms with Crippen LogP contribution in [0.5, 0.6) is 5.75 Å². The van der Waals surface area contributed by atoms with E-state index in [-0.39, 0.29) is 29.0 Å². The molecule has 1 heterocycles. The van der Waals surface area contributed by atoms with Gasteiger partial charge in [0.05, 0.1) is 6.10 Å². The molecule has 0 amide bonds. The van der Waals surface area contributed by atoms with Gasteiger partial charge in [-0.2, -0.15) is 0 Å². The van der Waals surface area contributed by atoms with Crippen molar-refractivity contribution >= 4 is 11.6 Å². The van der Waals surface area contributed by atoms with E-state index < -0.39 is 0 Å². The summed E-state index contributed by atoms with van der Waals surface area (Å²) in [5.41, 5.74) is 1.85. The fourth-order valence-corrected chi connectivity index (χ4v) is 7.75. The maximum Gasteiger partial charge on any atom is 0.167 e. The van der Waals surface area contributed by atoms with Crippen LogP contribution < -0.4 is 10.1 Å². The maximum absolute atomic E-state index is 13.9. The lowest BCUT2D eigenvalue weighted by atomic mass is 9.48. The van der Waals surface area contributed by atoms with E-state index in [1.165, 1.54) is 25.7 Å². The predicted molar refractivity (Wildman–Crippen MR) is 126 cm³/mol. The molecule has 4 heteroatoms. The third kappa shape index (κ3) is 3.33. The third-order valence-electron chi connectivity index (χ3n) is 9.36. The van der Waals surface area contributed by atoms with Crippen molar-refractivity contribution in [3.8, 4) is 5.75 Å². The van der Waals surface area contributed by atoms with Gasteiger partial charge in [-0.3, -0.25) is 9.59 Å². The molecule has 1 aliphatic heterocycles. The maximum atomic E-state index is 13.9. The summed E-state index contributed by atoms with van der Waals surface area (Å²) in [4.78, 5) is 26.5. The van der Waals surface area contributed by atoms with Crippen LogP contribution in [0.15, 0.2) is 36.0 Å². The number of nitrogens with one attached hydrogen (secondary N) is 1. The highest BCUT2D eigenvalue weighted by atomic mass is 16.5. The largest absolute Gasteiger partial charge is 0.491 e. The van der Waals surface area contributed by atoms with E-state index >= 15 is 0 Å². The molecule has 1 N–H and O–H groups in total. The molecule has 3 fully saturated rings. The number of ether oxygens (including phenoxy) is 1. The summed E-state index contributed by atoms with van der Waals surface area (Å²) in [5.74, 6) is 2.41. The summed E-state index contributed by atoms with van der Waals surface area (Å²) in [7, 11) is 0. The van der Waals surface area contributed by atoms with Crippen molar-refractivity contribution in [2.45, 2.75) is 72.3 Å². The molecular formula is C28H37NO3. The minimum Gasteiger partial charge on any atom is -0.491 e. The lowest BCUT2D eigenvalue weighted by Gasteiger charge is -2.59. The Morgan fingerprint density at radius 2 is 1.84 bits per heavy atom. The Bertz CT molecular complexity index is 948. The average molecular weight is 436 g/mol. The number of hydrogen-bond donors (Lipinski definition) is 1. The summed E-state index contributed by atoms with van der Waals surface area (Å²) in [6.07, 6.45) is 8.60. The molecule has 1 aromatic rings. The van der Waals surface area contributed by atoms with E-state index in [9.17, 15) is 9.59 Å². The lowest BCUT2D eigenvalue weighted by Crippen LogP contribution is -2.59. The molecule has 4 aliphatic rings. The first-order valence-corrected chi connectivity index (χ1v) is 12.5. The van der Waals surface area contributed by atoms with Gasteiger partial charge in [0, 0.05) is 41.6 Å². The zero-order valence-corrected chi connectivity index (χ0v) is 19.9. The number of allylic oxidation sites excluding steroid dienone is 2. The highest BCUT2D eigenvalue weighted by Gasteiger charge is 2.60. The number of hydrogen-bond acceptors (Lipinski definition) is 4. The van der Waals surface area contributed by atoms with Gasteiger partial charge in [0.25, 0.3) is 0 Å². The summed E-state index contributed by atoms with van der Waals surface area (Å²) in [6, 6.07) is 7.50. The monoisotopic (exact) mass is 435 g/mol. The van der Waals surface area contributed by atoms with Gasteiger partial charge in [0.15, 0.2) is 11.6 Å². The molecule has 1 aromatic carbocycles. The molecule has 0 bridgehead atoms. The van der Waals surface area contributed by atoms with Gasteiger partial charge in [-0.25, -0.2) is 0 Å². The smallest absolute Gasteiger partial charge is 0.167 e. The highest BCUT2D eigenvalue weighted by Crippen LogP contribution is 2.63. The molecule has 0 aromatic heterocycles. The standard InChI is InChI=1S/C28H37NO3/c1-17(2)32-20-9-7-18(8-10-20)26(31)24-14-19(30)15-25-28(24,4)23-11-13-27(3)12-5-6-22(27)21(23)16-29-25/h7-10,15,17,21-24,29H,5-6,11-14,16H2,1-4H3/t21-,22-,23-,24?,27-,28-/m0/s1. The van der Waals surface area contributed by atoms with E-state index in [4.69, 9.17) is 4.74 Å². The number of Topliss-reactive ketones (excluding diaryl/α,β-unsaturated/α-hetero) is 1. The Hall–Kier alpha value is -2.10. The predicted octanol–water partition coefficient (Wildman–Crippen LogP) is 5.57. The highest BCUT2D eigenvalue weighted by molar-refractivity contribution is 6.04. The first-order chi connectivity index (χ1) is 15.2. The number of benzene rings is 1. The van der Waals surface area contributed by atoms with Gasteiger partial charge in [0.1, 0.15) is 5.75 Å². The van der Waals surface area contributed by atoms with E-state index in [0.717, 1.165) is 30.3 Å². The second kappa shape index (κ2) is 7.74. The molecule has 3 aliphatic carbocycles. The van der Waals surface area contributed by atoms with E-state index in [1.807, 2.05) is 44.2 Å².